The maximum absolute atomic E-state index is 12.5. The van der Waals surface area contributed by atoms with Crippen LogP contribution in [0.1, 0.15) is 15.9 Å². The van der Waals surface area contributed by atoms with Gasteiger partial charge >= 0.3 is 0 Å². The Balaban J connectivity index is 1.62. The highest BCUT2D eigenvalue weighted by Crippen LogP contribution is 2.25. The summed E-state index contributed by atoms with van der Waals surface area (Å²) in [5.74, 6) is 0.466. The zero-order valence-corrected chi connectivity index (χ0v) is 15.4. The van der Waals surface area contributed by atoms with Crippen LogP contribution in [-0.4, -0.2) is 56.0 Å². The Morgan fingerprint density at radius 3 is 2.46 bits per heavy atom. The fourth-order valence-electron chi connectivity index (χ4n) is 2.99. The number of carbonyl (C=O) groups excluding carboxylic acids is 1. The first-order chi connectivity index (χ1) is 12.5. The number of hydrogen-bond acceptors (Lipinski definition) is 5. The number of nitrogens with two attached hydrogens (primary N) is 1. The molecule has 1 saturated heterocycles. The first-order valence-electron chi connectivity index (χ1n) is 8.80. The third kappa shape index (κ3) is 4.53. The number of ether oxygens (including phenoxy) is 1. The largest absolute Gasteiger partial charge is 0.497 e. The normalized spacial score (nSPS) is 15.6. The number of piperazine rings is 1. The Morgan fingerprint density at radius 2 is 1.81 bits per heavy atom. The van der Waals surface area contributed by atoms with E-state index in [0.29, 0.717) is 22.7 Å². The quantitative estimate of drug-likeness (QED) is 0.806. The van der Waals surface area contributed by atoms with Crippen LogP contribution in [0.25, 0.3) is 0 Å². The Labute approximate surface area is 154 Å². The highest BCUT2D eigenvalue weighted by Gasteiger charge is 2.14. The van der Waals surface area contributed by atoms with Crippen molar-refractivity contribution >= 4 is 17.3 Å². The molecule has 1 aliphatic rings. The van der Waals surface area contributed by atoms with Crippen LogP contribution in [0.2, 0.25) is 0 Å². The number of benzene rings is 2. The molecule has 0 saturated carbocycles. The molecular weight excluding hydrogens is 328 g/mol. The van der Waals surface area contributed by atoms with Gasteiger partial charge in [-0.25, -0.2) is 0 Å². The van der Waals surface area contributed by atoms with Gasteiger partial charge in [0.2, 0.25) is 0 Å². The van der Waals surface area contributed by atoms with Gasteiger partial charge in [0, 0.05) is 44.4 Å². The monoisotopic (exact) mass is 354 g/mol. The maximum Gasteiger partial charge on any atom is 0.255 e. The lowest BCUT2D eigenvalue weighted by Crippen LogP contribution is -2.43. The standard InChI is InChI=1S/C20H26N4O2/c1-23-9-11-24(12-10-23)14-15-3-5-16(6-4-15)20(25)22-19-13-17(26-2)7-8-18(19)21/h3-8,13H,9-12,14,21H2,1-2H3,(H,22,25). The van der Waals surface area contributed by atoms with Crippen molar-refractivity contribution < 1.29 is 9.53 Å². The average Bonchev–Trinajstić information content (AvgIpc) is 2.66. The average molecular weight is 354 g/mol. The summed E-state index contributed by atoms with van der Waals surface area (Å²) >= 11 is 0. The molecule has 2 aromatic carbocycles. The topological polar surface area (TPSA) is 70.8 Å². The van der Waals surface area contributed by atoms with Crippen LogP contribution < -0.4 is 15.8 Å². The molecule has 0 radical (unpaired) electrons. The van der Waals surface area contributed by atoms with Crippen LogP contribution in [0.3, 0.4) is 0 Å². The second-order valence-electron chi connectivity index (χ2n) is 6.68. The summed E-state index contributed by atoms with van der Waals surface area (Å²) in [5.41, 5.74) is 8.81. The molecular formula is C20H26N4O2. The molecule has 26 heavy (non-hydrogen) atoms. The zero-order valence-electron chi connectivity index (χ0n) is 15.4. The minimum atomic E-state index is -0.184. The van der Waals surface area contributed by atoms with Crippen molar-refractivity contribution in [2.75, 3.05) is 51.4 Å². The van der Waals surface area contributed by atoms with Crippen LogP contribution in [0.4, 0.5) is 11.4 Å². The lowest BCUT2D eigenvalue weighted by Gasteiger charge is -2.32. The van der Waals surface area contributed by atoms with Gasteiger partial charge in [-0.1, -0.05) is 12.1 Å². The van der Waals surface area contributed by atoms with E-state index in [0.717, 1.165) is 32.7 Å². The van der Waals surface area contributed by atoms with Crippen molar-refractivity contribution in [2.45, 2.75) is 6.54 Å². The van der Waals surface area contributed by atoms with Gasteiger partial charge in [0.15, 0.2) is 0 Å². The number of nitrogens with zero attached hydrogens (tertiary/aromatic N) is 2. The van der Waals surface area contributed by atoms with Gasteiger partial charge in [0.1, 0.15) is 5.75 Å². The fraction of sp³-hybridized carbons (Fsp3) is 0.350. The number of nitrogen functional groups attached to an aromatic ring is 1. The predicted octanol–water partition coefficient (Wildman–Crippen LogP) is 2.28. The number of rotatable bonds is 5. The van der Waals surface area contributed by atoms with Crippen molar-refractivity contribution in [1.29, 1.82) is 0 Å². The molecule has 0 aromatic heterocycles. The number of methoxy groups -OCH3 is 1. The molecule has 138 valence electrons. The number of nitrogens with one attached hydrogen (secondary N) is 1. The molecule has 1 aliphatic heterocycles. The van der Waals surface area contributed by atoms with Crippen LogP contribution in [0.15, 0.2) is 42.5 Å². The molecule has 2 aromatic rings. The van der Waals surface area contributed by atoms with Gasteiger partial charge < -0.3 is 20.7 Å². The van der Waals surface area contributed by atoms with E-state index in [2.05, 4.69) is 22.2 Å². The minimum absolute atomic E-state index is 0.184. The third-order valence-electron chi connectivity index (χ3n) is 4.73. The van der Waals surface area contributed by atoms with E-state index in [1.807, 2.05) is 24.3 Å². The third-order valence-corrected chi connectivity index (χ3v) is 4.73. The molecule has 1 heterocycles. The Bertz CT molecular complexity index is 753. The van der Waals surface area contributed by atoms with Gasteiger partial charge in [0.25, 0.3) is 5.91 Å². The van der Waals surface area contributed by atoms with E-state index >= 15 is 0 Å². The van der Waals surface area contributed by atoms with E-state index in [-0.39, 0.29) is 5.91 Å². The molecule has 0 spiro atoms. The van der Waals surface area contributed by atoms with E-state index in [1.165, 1.54) is 5.56 Å². The van der Waals surface area contributed by atoms with Crippen molar-refractivity contribution in [3.8, 4) is 5.75 Å². The molecule has 0 unspecified atom stereocenters. The van der Waals surface area contributed by atoms with Gasteiger partial charge in [-0.05, 0) is 36.9 Å². The first kappa shape index (κ1) is 18.2. The molecule has 0 bridgehead atoms. The zero-order chi connectivity index (χ0) is 18.5. The molecule has 0 atom stereocenters. The van der Waals surface area contributed by atoms with Crippen LogP contribution in [0, 0.1) is 0 Å². The van der Waals surface area contributed by atoms with Crippen molar-refractivity contribution in [3.63, 3.8) is 0 Å². The summed E-state index contributed by atoms with van der Waals surface area (Å²) in [6.07, 6.45) is 0. The van der Waals surface area contributed by atoms with Crippen molar-refractivity contribution in [1.82, 2.24) is 9.80 Å². The molecule has 6 nitrogen and oxygen atoms in total. The lowest BCUT2D eigenvalue weighted by molar-refractivity contribution is 0.102. The van der Waals surface area contributed by atoms with E-state index in [4.69, 9.17) is 10.5 Å². The number of carbonyl (C=O) groups is 1. The van der Waals surface area contributed by atoms with Crippen LogP contribution in [-0.2, 0) is 6.54 Å². The molecule has 1 fully saturated rings. The SMILES string of the molecule is COc1ccc(N)c(NC(=O)c2ccc(CN3CCN(C)CC3)cc2)c1. The number of amides is 1. The van der Waals surface area contributed by atoms with Gasteiger partial charge in [-0.2, -0.15) is 0 Å². The van der Waals surface area contributed by atoms with Crippen molar-refractivity contribution in [3.05, 3.63) is 53.6 Å². The Kier molecular flexibility index (Phi) is 5.75. The summed E-state index contributed by atoms with van der Waals surface area (Å²) in [7, 11) is 3.73. The van der Waals surface area contributed by atoms with Gasteiger partial charge in [-0.15, -0.1) is 0 Å². The predicted molar refractivity (Wildman–Crippen MR) is 105 cm³/mol. The highest BCUT2D eigenvalue weighted by molar-refractivity contribution is 6.05. The summed E-state index contributed by atoms with van der Waals surface area (Å²) in [6, 6.07) is 12.9. The molecule has 3 rings (SSSR count). The maximum atomic E-state index is 12.5. The molecule has 6 heteroatoms. The fourth-order valence-corrected chi connectivity index (χ4v) is 2.99. The Morgan fingerprint density at radius 1 is 1.12 bits per heavy atom. The summed E-state index contributed by atoms with van der Waals surface area (Å²) in [6.45, 7) is 5.27. The molecule has 1 amide bonds. The lowest BCUT2D eigenvalue weighted by atomic mass is 10.1. The molecule has 3 N–H and O–H groups in total. The minimum Gasteiger partial charge on any atom is -0.497 e. The highest BCUT2D eigenvalue weighted by atomic mass is 16.5. The Hall–Kier alpha value is -2.57. The number of anilines is 2. The number of hydrogen-bond donors (Lipinski definition) is 2. The summed E-state index contributed by atoms with van der Waals surface area (Å²) in [5, 5.41) is 2.85. The molecule has 0 aliphatic carbocycles. The van der Waals surface area contributed by atoms with Crippen LogP contribution in [0.5, 0.6) is 5.75 Å². The summed E-state index contributed by atoms with van der Waals surface area (Å²) < 4.78 is 5.18. The van der Waals surface area contributed by atoms with E-state index < -0.39 is 0 Å². The first-order valence-corrected chi connectivity index (χ1v) is 8.80. The van der Waals surface area contributed by atoms with E-state index in [9.17, 15) is 4.79 Å². The van der Waals surface area contributed by atoms with Crippen LogP contribution >= 0.6 is 0 Å². The second kappa shape index (κ2) is 8.21. The van der Waals surface area contributed by atoms with Crippen molar-refractivity contribution in [2.24, 2.45) is 0 Å². The van der Waals surface area contributed by atoms with Gasteiger partial charge in [0.05, 0.1) is 18.5 Å². The summed E-state index contributed by atoms with van der Waals surface area (Å²) in [4.78, 5) is 17.3. The smallest absolute Gasteiger partial charge is 0.255 e. The van der Waals surface area contributed by atoms with E-state index in [1.54, 1.807) is 25.3 Å². The second-order valence-corrected chi connectivity index (χ2v) is 6.68. The number of likely N-dealkylation sites (N-methyl/N-ethyl adjacent to an activating group) is 1. The van der Waals surface area contributed by atoms with Gasteiger partial charge in [-0.3, -0.25) is 9.69 Å².